The number of nitrogens with zero attached hydrogens (tertiary/aromatic N) is 2. The van der Waals surface area contributed by atoms with Crippen molar-refractivity contribution < 1.29 is 9.53 Å². The molecule has 0 saturated heterocycles. The molecule has 0 atom stereocenters. The molecule has 2 heterocycles. The number of aryl methyl sites for hydroxylation is 1. The first-order valence-electron chi connectivity index (χ1n) is 11.1. The largest absolute Gasteiger partial charge is 0.497 e. The van der Waals surface area contributed by atoms with Crippen molar-refractivity contribution in [1.82, 2.24) is 20.5 Å². The molecule has 6 nitrogen and oxygen atoms in total. The zero-order valence-electron chi connectivity index (χ0n) is 19.3. The topological polar surface area (TPSA) is 79.9 Å². The Bertz CT molecular complexity index is 1490. The van der Waals surface area contributed by atoms with Gasteiger partial charge >= 0.3 is 0 Å². The Kier molecular flexibility index (Phi) is 6.21. The van der Waals surface area contributed by atoms with Gasteiger partial charge in [-0.15, -0.1) is 0 Å². The minimum atomic E-state index is -0.204. The third-order valence-corrected chi connectivity index (χ3v) is 6.11. The van der Waals surface area contributed by atoms with Crippen molar-refractivity contribution >= 4 is 28.5 Å². The van der Waals surface area contributed by atoms with E-state index >= 15 is 0 Å². The van der Waals surface area contributed by atoms with Crippen LogP contribution >= 0.6 is 11.6 Å². The molecule has 2 N–H and O–H groups in total. The van der Waals surface area contributed by atoms with Crippen molar-refractivity contribution in [2.45, 2.75) is 13.5 Å². The monoisotopic (exact) mass is 482 g/mol. The zero-order valence-corrected chi connectivity index (χ0v) is 20.1. The maximum atomic E-state index is 13.5. The first kappa shape index (κ1) is 22.6. The second kappa shape index (κ2) is 9.60. The number of fused-ring (bicyclic) bond motifs is 1. The van der Waals surface area contributed by atoms with E-state index in [2.05, 4.69) is 15.5 Å². The van der Waals surface area contributed by atoms with Gasteiger partial charge in [0.05, 0.1) is 29.4 Å². The number of rotatable bonds is 6. The average Bonchev–Trinajstić information content (AvgIpc) is 3.32. The maximum absolute atomic E-state index is 13.5. The number of benzene rings is 3. The lowest BCUT2D eigenvalue weighted by molar-refractivity contribution is 0.0952. The van der Waals surface area contributed by atoms with E-state index in [0.717, 1.165) is 28.1 Å². The van der Waals surface area contributed by atoms with Gasteiger partial charge in [-0.05, 0) is 55.0 Å². The SMILES string of the molecule is COc1ccc(-c2[nH]nc3nc(-c4ccc(Cl)cc4)cc(C(=O)NCc4ccc(C)cc4)c23)cc1. The smallest absolute Gasteiger partial charge is 0.252 e. The van der Waals surface area contributed by atoms with Crippen LogP contribution in [0.1, 0.15) is 21.5 Å². The summed E-state index contributed by atoms with van der Waals surface area (Å²) < 4.78 is 5.28. The molecule has 7 heteroatoms. The van der Waals surface area contributed by atoms with Gasteiger partial charge in [-0.3, -0.25) is 9.89 Å². The van der Waals surface area contributed by atoms with Gasteiger partial charge in [0, 0.05) is 22.7 Å². The van der Waals surface area contributed by atoms with Crippen LogP contribution in [0.3, 0.4) is 0 Å². The summed E-state index contributed by atoms with van der Waals surface area (Å²) in [6, 6.07) is 24.8. The van der Waals surface area contributed by atoms with Crippen LogP contribution in [0.25, 0.3) is 33.5 Å². The molecule has 35 heavy (non-hydrogen) atoms. The molecule has 3 aromatic carbocycles. The van der Waals surface area contributed by atoms with Crippen LogP contribution in [0.15, 0.2) is 78.9 Å². The summed E-state index contributed by atoms with van der Waals surface area (Å²) in [4.78, 5) is 18.2. The van der Waals surface area contributed by atoms with Crippen molar-refractivity contribution in [1.29, 1.82) is 0 Å². The van der Waals surface area contributed by atoms with E-state index in [9.17, 15) is 4.79 Å². The number of nitrogens with one attached hydrogen (secondary N) is 2. The molecule has 0 bridgehead atoms. The molecular weight excluding hydrogens is 460 g/mol. The molecule has 2 aromatic heterocycles. The third kappa shape index (κ3) is 4.74. The summed E-state index contributed by atoms with van der Waals surface area (Å²) in [6.07, 6.45) is 0. The summed E-state index contributed by atoms with van der Waals surface area (Å²) in [7, 11) is 1.62. The Labute approximate surface area is 207 Å². The summed E-state index contributed by atoms with van der Waals surface area (Å²) in [6.45, 7) is 2.45. The first-order chi connectivity index (χ1) is 17.0. The number of amides is 1. The Morgan fingerprint density at radius 1 is 0.971 bits per heavy atom. The highest BCUT2D eigenvalue weighted by atomic mass is 35.5. The van der Waals surface area contributed by atoms with E-state index in [1.165, 1.54) is 5.56 Å². The molecule has 1 amide bonds. The fourth-order valence-corrected chi connectivity index (χ4v) is 4.05. The molecule has 0 saturated carbocycles. The van der Waals surface area contributed by atoms with Gasteiger partial charge in [-0.25, -0.2) is 4.98 Å². The lowest BCUT2D eigenvalue weighted by Crippen LogP contribution is -2.23. The van der Waals surface area contributed by atoms with Crippen LogP contribution in [-0.4, -0.2) is 28.2 Å². The number of aromatic amines is 1. The number of methoxy groups -OCH3 is 1. The fourth-order valence-electron chi connectivity index (χ4n) is 3.92. The average molecular weight is 483 g/mol. The van der Waals surface area contributed by atoms with E-state index < -0.39 is 0 Å². The second-order valence-corrected chi connectivity index (χ2v) is 8.69. The predicted octanol–water partition coefficient (Wildman–Crippen LogP) is 6.19. The van der Waals surface area contributed by atoms with Gasteiger partial charge in [0.2, 0.25) is 0 Å². The standard InChI is InChI=1S/C28H23ClN4O2/c1-17-3-5-18(6-4-17)16-30-28(34)23-15-24(19-7-11-21(29)12-8-19)31-27-25(23)26(32-33-27)20-9-13-22(35-2)14-10-20/h3-15H,16H2,1-2H3,(H,30,34)(H,31,32,33). The first-order valence-corrected chi connectivity index (χ1v) is 11.5. The van der Waals surface area contributed by atoms with Crippen molar-refractivity contribution in [3.8, 4) is 28.3 Å². The molecule has 5 rings (SSSR count). The van der Waals surface area contributed by atoms with Gasteiger partial charge in [0.25, 0.3) is 5.91 Å². The Balaban J connectivity index is 1.59. The van der Waals surface area contributed by atoms with Crippen LogP contribution in [0.2, 0.25) is 5.02 Å². The zero-order chi connectivity index (χ0) is 24.4. The van der Waals surface area contributed by atoms with Crippen LogP contribution in [0.5, 0.6) is 5.75 Å². The van der Waals surface area contributed by atoms with Crippen molar-refractivity contribution in [3.05, 3.63) is 101 Å². The molecule has 0 fully saturated rings. The minimum Gasteiger partial charge on any atom is -0.497 e. The fraction of sp³-hybridized carbons (Fsp3) is 0.107. The van der Waals surface area contributed by atoms with E-state index in [4.69, 9.17) is 21.3 Å². The number of hydrogen-bond donors (Lipinski definition) is 2. The molecule has 0 spiro atoms. The predicted molar refractivity (Wildman–Crippen MR) is 139 cm³/mol. The van der Waals surface area contributed by atoms with E-state index in [0.29, 0.717) is 33.9 Å². The maximum Gasteiger partial charge on any atom is 0.252 e. The number of ether oxygens (including phenoxy) is 1. The van der Waals surface area contributed by atoms with Gasteiger partial charge in [-0.2, -0.15) is 5.10 Å². The number of carbonyl (C=O) groups is 1. The molecule has 0 unspecified atom stereocenters. The van der Waals surface area contributed by atoms with Crippen LogP contribution in [0, 0.1) is 6.92 Å². The van der Waals surface area contributed by atoms with Crippen molar-refractivity contribution in [3.63, 3.8) is 0 Å². The van der Waals surface area contributed by atoms with Crippen LogP contribution in [-0.2, 0) is 6.54 Å². The lowest BCUT2D eigenvalue weighted by Gasteiger charge is -2.10. The number of H-pyrrole nitrogens is 1. The van der Waals surface area contributed by atoms with E-state index in [-0.39, 0.29) is 5.91 Å². The van der Waals surface area contributed by atoms with E-state index in [1.54, 1.807) is 25.3 Å². The number of halogens is 1. The summed E-state index contributed by atoms with van der Waals surface area (Å²) >= 11 is 6.07. The minimum absolute atomic E-state index is 0.204. The molecule has 174 valence electrons. The third-order valence-electron chi connectivity index (χ3n) is 5.86. The quantitative estimate of drug-likeness (QED) is 0.302. The number of carbonyl (C=O) groups excluding carboxylic acids is 1. The molecule has 0 aliphatic carbocycles. The number of aromatic nitrogens is 3. The summed E-state index contributed by atoms with van der Waals surface area (Å²) in [5, 5.41) is 11.9. The lowest BCUT2D eigenvalue weighted by atomic mass is 10.0. The van der Waals surface area contributed by atoms with Gasteiger partial charge in [0.1, 0.15) is 5.75 Å². The highest BCUT2D eigenvalue weighted by Gasteiger charge is 2.20. The van der Waals surface area contributed by atoms with Crippen LogP contribution < -0.4 is 10.1 Å². The molecule has 0 aliphatic heterocycles. The highest BCUT2D eigenvalue weighted by molar-refractivity contribution is 6.30. The Hall–Kier alpha value is -4.16. The number of pyridine rings is 1. The second-order valence-electron chi connectivity index (χ2n) is 8.26. The van der Waals surface area contributed by atoms with E-state index in [1.807, 2.05) is 67.6 Å². The summed E-state index contributed by atoms with van der Waals surface area (Å²) in [5.74, 6) is 0.543. The van der Waals surface area contributed by atoms with Gasteiger partial charge in [0.15, 0.2) is 5.65 Å². The molecular formula is C28H23ClN4O2. The van der Waals surface area contributed by atoms with Gasteiger partial charge < -0.3 is 10.1 Å². The number of hydrogen-bond acceptors (Lipinski definition) is 4. The Morgan fingerprint density at radius 2 is 1.66 bits per heavy atom. The van der Waals surface area contributed by atoms with Crippen LogP contribution in [0.4, 0.5) is 0 Å². The molecule has 0 aliphatic rings. The van der Waals surface area contributed by atoms with Crippen molar-refractivity contribution in [2.75, 3.05) is 7.11 Å². The highest BCUT2D eigenvalue weighted by Crippen LogP contribution is 2.32. The van der Waals surface area contributed by atoms with Crippen molar-refractivity contribution in [2.24, 2.45) is 0 Å². The Morgan fingerprint density at radius 3 is 2.34 bits per heavy atom. The molecule has 5 aromatic rings. The van der Waals surface area contributed by atoms with Gasteiger partial charge in [-0.1, -0.05) is 53.6 Å². The molecule has 0 radical (unpaired) electrons. The summed E-state index contributed by atoms with van der Waals surface area (Å²) in [5.41, 5.74) is 6.23. The normalized spacial score (nSPS) is 10.9.